The van der Waals surface area contributed by atoms with Gasteiger partial charge in [0.05, 0.1) is 6.20 Å². The summed E-state index contributed by atoms with van der Waals surface area (Å²) in [6.45, 7) is 0. The Kier molecular flexibility index (Phi) is 1.70. The van der Waals surface area contributed by atoms with E-state index in [0.717, 1.165) is 5.39 Å². The Balaban J connectivity index is 2.06. The van der Waals surface area contributed by atoms with Gasteiger partial charge in [-0.25, -0.2) is 4.79 Å². The van der Waals surface area contributed by atoms with E-state index < -0.39 is 18.0 Å². The summed E-state index contributed by atoms with van der Waals surface area (Å²) in [4.78, 5) is 26.3. The van der Waals surface area contributed by atoms with Crippen molar-refractivity contribution in [2.75, 3.05) is 0 Å². The van der Waals surface area contributed by atoms with Crippen molar-refractivity contribution in [3.05, 3.63) is 30.3 Å². The predicted octanol–water partition coefficient (Wildman–Crippen LogP) is 0.708. The molecule has 1 saturated heterocycles. The monoisotopic (exact) mass is 217 g/mol. The first-order valence-electron chi connectivity index (χ1n) is 4.69. The highest BCUT2D eigenvalue weighted by Gasteiger charge is 2.33. The summed E-state index contributed by atoms with van der Waals surface area (Å²) >= 11 is 0. The van der Waals surface area contributed by atoms with Crippen LogP contribution in [0.25, 0.3) is 11.0 Å². The van der Waals surface area contributed by atoms with Gasteiger partial charge in [-0.1, -0.05) is 0 Å². The van der Waals surface area contributed by atoms with Gasteiger partial charge < -0.3 is 9.73 Å². The first-order chi connectivity index (χ1) is 7.74. The number of hydrogen-bond acceptors (Lipinski definition) is 4. The molecule has 1 fully saturated rings. The number of nitrogens with one attached hydrogen (secondary N) is 2. The van der Waals surface area contributed by atoms with E-state index in [-0.39, 0.29) is 0 Å². The van der Waals surface area contributed by atoms with Crippen molar-refractivity contribution in [3.63, 3.8) is 0 Å². The fourth-order valence-corrected chi connectivity index (χ4v) is 1.66. The van der Waals surface area contributed by atoms with Crippen LogP contribution in [0.4, 0.5) is 4.79 Å². The van der Waals surface area contributed by atoms with Gasteiger partial charge in [-0.2, -0.15) is 0 Å². The third-order valence-electron chi connectivity index (χ3n) is 2.40. The zero-order valence-corrected chi connectivity index (χ0v) is 8.06. The normalized spacial score (nSPS) is 19.9. The van der Waals surface area contributed by atoms with Crippen molar-refractivity contribution in [2.24, 2.45) is 0 Å². The molecule has 0 saturated carbocycles. The maximum atomic E-state index is 11.4. The Morgan fingerprint density at radius 1 is 1.38 bits per heavy atom. The molecule has 0 aromatic carbocycles. The van der Waals surface area contributed by atoms with E-state index in [9.17, 15) is 9.59 Å². The van der Waals surface area contributed by atoms with Crippen molar-refractivity contribution in [2.45, 2.75) is 6.04 Å². The lowest BCUT2D eigenvalue weighted by Crippen LogP contribution is -2.22. The minimum absolute atomic E-state index is 0.406. The van der Waals surface area contributed by atoms with E-state index in [2.05, 4.69) is 15.6 Å². The number of aromatic nitrogens is 1. The van der Waals surface area contributed by atoms with Crippen LogP contribution in [-0.2, 0) is 4.79 Å². The van der Waals surface area contributed by atoms with Crippen LogP contribution in [0.5, 0.6) is 0 Å². The summed E-state index contributed by atoms with van der Waals surface area (Å²) in [6, 6.07) is 2.23. The van der Waals surface area contributed by atoms with Gasteiger partial charge in [-0.05, 0) is 12.1 Å². The molecule has 3 heterocycles. The lowest BCUT2D eigenvalue weighted by Gasteiger charge is -2.00. The molecule has 1 atom stereocenters. The molecule has 0 radical (unpaired) electrons. The van der Waals surface area contributed by atoms with E-state index in [4.69, 9.17) is 4.42 Å². The first kappa shape index (κ1) is 8.90. The number of carbonyl (C=O) groups is 2. The van der Waals surface area contributed by atoms with Crippen molar-refractivity contribution >= 4 is 22.9 Å². The second kappa shape index (κ2) is 3.06. The van der Waals surface area contributed by atoms with Crippen LogP contribution < -0.4 is 10.6 Å². The van der Waals surface area contributed by atoms with Crippen LogP contribution in [0.2, 0.25) is 0 Å². The van der Waals surface area contributed by atoms with Gasteiger partial charge in [0.25, 0.3) is 5.91 Å². The Morgan fingerprint density at radius 3 is 2.94 bits per heavy atom. The van der Waals surface area contributed by atoms with Gasteiger partial charge in [0.2, 0.25) is 0 Å². The molecule has 1 unspecified atom stereocenters. The highest BCUT2D eigenvalue weighted by Crippen LogP contribution is 2.24. The number of nitrogens with zero attached hydrogens (tertiary/aromatic N) is 1. The highest BCUT2D eigenvalue weighted by molar-refractivity contribution is 6.04. The van der Waals surface area contributed by atoms with Gasteiger partial charge in [0.15, 0.2) is 11.6 Å². The van der Waals surface area contributed by atoms with E-state index >= 15 is 0 Å². The summed E-state index contributed by atoms with van der Waals surface area (Å²) in [5.41, 5.74) is 0.589. The molecule has 3 amide bonds. The Morgan fingerprint density at radius 2 is 2.25 bits per heavy atom. The predicted molar refractivity (Wildman–Crippen MR) is 53.4 cm³/mol. The van der Waals surface area contributed by atoms with Crippen molar-refractivity contribution in [3.8, 4) is 0 Å². The van der Waals surface area contributed by atoms with E-state index in [1.807, 2.05) is 0 Å². The lowest BCUT2D eigenvalue weighted by molar-refractivity contribution is -0.120. The summed E-state index contributed by atoms with van der Waals surface area (Å²) in [7, 11) is 0. The topological polar surface area (TPSA) is 84.2 Å². The van der Waals surface area contributed by atoms with Crippen molar-refractivity contribution in [1.29, 1.82) is 0 Å². The minimum Gasteiger partial charge on any atom is -0.457 e. The lowest BCUT2D eigenvalue weighted by atomic mass is 10.2. The number of rotatable bonds is 1. The van der Waals surface area contributed by atoms with Gasteiger partial charge in [0.1, 0.15) is 5.76 Å². The second-order valence-electron chi connectivity index (χ2n) is 3.46. The van der Waals surface area contributed by atoms with Crippen LogP contribution in [0.15, 0.2) is 28.9 Å². The molecule has 3 rings (SSSR count). The first-order valence-corrected chi connectivity index (χ1v) is 4.69. The quantitative estimate of drug-likeness (QED) is 0.689. The number of fused-ring (bicyclic) bond motifs is 1. The molecule has 2 aromatic rings. The SMILES string of the molecule is O=C1NC(=O)C(c2cc3ccncc3o2)N1. The number of pyridine rings is 1. The molecule has 2 N–H and O–H groups in total. The average Bonchev–Trinajstić information content (AvgIpc) is 2.81. The van der Waals surface area contributed by atoms with E-state index in [1.54, 1.807) is 24.5 Å². The van der Waals surface area contributed by atoms with Crippen molar-refractivity contribution in [1.82, 2.24) is 15.6 Å². The molecule has 2 aromatic heterocycles. The van der Waals surface area contributed by atoms with Gasteiger partial charge in [-0.3, -0.25) is 15.1 Å². The molecule has 80 valence electrons. The van der Waals surface area contributed by atoms with Crippen LogP contribution in [-0.4, -0.2) is 16.9 Å². The number of hydrogen-bond donors (Lipinski definition) is 2. The number of amides is 3. The third-order valence-corrected chi connectivity index (χ3v) is 2.40. The Bertz CT molecular complexity index is 557. The molecule has 0 aliphatic carbocycles. The van der Waals surface area contributed by atoms with Crippen LogP contribution in [0.1, 0.15) is 11.8 Å². The van der Waals surface area contributed by atoms with Crippen LogP contribution in [0.3, 0.4) is 0 Å². The Hall–Kier alpha value is -2.37. The molecule has 1 aliphatic heterocycles. The highest BCUT2D eigenvalue weighted by atomic mass is 16.3. The van der Waals surface area contributed by atoms with E-state index in [1.165, 1.54) is 0 Å². The molecule has 16 heavy (non-hydrogen) atoms. The number of carbonyl (C=O) groups excluding carboxylic acids is 2. The third kappa shape index (κ3) is 1.23. The minimum atomic E-state index is -0.750. The van der Waals surface area contributed by atoms with Crippen LogP contribution >= 0.6 is 0 Å². The standard InChI is InChI=1S/C10H7N3O3/c14-9-8(12-10(15)13-9)6-3-5-1-2-11-4-7(5)16-6/h1-4,8H,(H2,12,13,14,15). The number of imide groups is 1. The Labute approximate surface area is 89.6 Å². The fourth-order valence-electron chi connectivity index (χ4n) is 1.66. The number of furan rings is 1. The van der Waals surface area contributed by atoms with E-state index in [0.29, 0.717) is 11.3 Å². The summed E-state index contributed by atoms with van der Waals surface area (Å²) in [6.07, 6.45) is 3.20. The maximum Gasteiger partial charge on any atom is 0.322 e. The smallest absolute Gasteiger partial charge is 0.322 e. The molecule has 6 heteroatoms. The zero-order valence-electron chi connectivity index (χ0n) is 8.06. The average molecular weight is 217 g/mol. The molecular weight excluding hydrogens is 210 g/mol. The largest absolute Gasteiger partial charge is 0.457 e. The van der Waals surface area contributed by atoms with Gasteiger partial charge in [-0.15, -0.1) is 0 Å². The summed E-state index contributed by atoms with van der Waals surface area (Å²) in [5, 5.41) is 5.46. The summed E-state index contributed by atoms with van der Waals surface area (Å²) < 4.78 is 5.43. The van der Waals surface area contributed by atoms with Crippen LogP contribution in [0, 0.1) is 0 Å². The zero-order chi connectivity index (χ0) is 11.1. The van der Waals surface area contributed by atoms with Crippen molar-refractivity contribution < 1.29 is 14.0 Å². The number of urea groups is 1. The molecular formula is C10H7N3O3. The van der Waals surface area contributed by atoms with Gasteiger partial charge in [0, 0.05) is 11.6 Å². The molecule has 6 nitrogen and oxygen atoms in total. The molecule has 0 spiro atoms. The summed E-state index contributed by atoms with van der Waals surface area (Å²) in [5.74, 6) is 0.00312. The fraction of sp³-hybridized carbons (Fsp3) is 0.100. The second-order valence-corrected chi connectivity index (χ2v) is 3.46. The van der Waals surface area contributed by atoms with Gasteiger partial charge >= 0.3 is 6.03 Å². The molecule has 1 aliphatic rings. The maximum absolute atomic E-state index is 11.4. The molecule has 0 bridgehead atoms.